The van der Waals surface area contributed by atoms with Crippen molar-refractivity contribution >= 4 is 11.8 Å². The lowest BCUT2D eigenvalue weighted by Gasteiger charge is -2.31. The molecule has 4 nitrogen and oxygen atoms in total. The van der Waals surface area contributed by atoms with Crippen molar-refractivity contribution in [2.75, 3.05) is 18.4 Å². The molecule has 0 bridgehead atoms. The summed E-state index contributed by atoms with van der Waals surface area (Å²) < 4.78 is 0. The zero-order valence-electron chi connectivity index (χ0n) is 10.9. The average molecular weight is 248 g/mol. The third-order valence-corrected chi connectivity index (χ3v) is 3.51. The Hall–Kier alpha value is -1.71. The van der Waals surface area contributed by atoms with E-state index in [1.165, 1.54) is 16.0 Å². The molecule has 0 radical (unpaired) electrons. The number of benzene rings is 1. The third-order valence-electron chi connectivity index (χ3n) is 3.51. The fraction of sp³-hybridized carbons (Fsp3) is 0.500. The van der Waals surface area contributed by atoms with Crippen molar-refractivity contribution in [3.8, 4) is 0 Å². The number of piperidine rings is 1. The largest absolute Gasteiger partial charge is 0.465 e. The van der Waals surface area contributed by atoms with Gasteiger partial charge in [0.1, 0.15) is 0 Å². The summed E-state index contributed by atoms with van der Waals surface area (Å²) in [6.45, 7) is 5.43. The highest BCUT2D eigenvalue weighted by Gasteiger charge is 2.22. The quantitative estimate of drug-likeness (QED) is 0.846. The Kier molecular flexibility index (Phi) is 3.75. The second-order valence-corrected chi connectivity index (χ2v) is 5.01. The predicted octanol–water partition coefficient (Wildman–Crippen LogP) is 2.86. The number of nitrogens with one attached hydrogen (secondary N) is 1. The van der Waals surface area contributed by atoms with Crippen molar-refractivity contribution in [2.45, 2.75) is 32.7 Å². The molecule has 4 heteroatoms. The highest BCUT2D eigenvalue weighted by molar-refractivity contribution is 5.65. The van der Waals surface area contributed by atoms with Crippen molar-refractivity contribution in [3.05, 3.63) is 29.3 Å². The smallest absolute Gasteiger partial charge is 0.407 e. The van der Waals surface area contributed by atoms with Crippen LogP contribution in [0.4, 0.5) is 10.5 Å². The van der Waals surface area contributed by atoms with Crippen molar-refractivity contribution in [3.63, 3.8) is 0 Å². The summed E-state index contributed by atoms with van der Waals surface area (Å²) in [6, 6.07) is 6.74. The van der Waals surface area contributed by atoms with Crippen molar-refractivity contribution < 1.29 is 9.90 Å². The molecule has 0 aliphatic carbocycles. The van der Waals surface area contributed by atoms with Crippen LogP contribution in [0.1, 0.15) is 24.0 Å². The maximum absolute atomic E-state index is 10.8. The monoisotopic (exact) mass is 248 g/mol. The summed E-state index contributed by atoms with van der Waals surface area (Å²) in [7, 11) is 0. The van der Waals surface area contributed by atoms with Gasteiger partial charge in [0.05, 0.1) is 0 Å². The number of carboxylic acid groups (broad SMARTS) is 1. The standard InChI is InChI=1S/C14H20N2O2/c1-10-3-4-13(11(2)9-10)15-12-5-7-16(8-6-12)14(17)18/h3-4,9,12,15H,5-8H2,1-2H3,(H,17,18). The first-order valence-electron chi connectivity index (χ1n) is 6.38. The number of amides is 1. The molecular formula is C14H20N2O2. The van der Waals surface area contributed by atoms with E-state index in [2.05, 4.69) is 37.4 Å². The molecule has 2 N–H and O–H groups in total. The van der Waals surface area contributed by atoms with Crippen LogP contribution in [0, 0.1) is 13.8 Å². The van der Waals surface area contributed by atoms with Gasteiger partial charge in [0.2, 0.25) is 0 Å². The number of carbonyl (C=O) groups is 1. The molecule has 1 fully saturated rings. The second-order valence-electron chi connectivity index (χ2n) is 5.01. The van der Waals surface area contributed by atoms with E-state index in [1.54, 1.807) is 0 Å². The molecular weight excluding hydrogens is 228 g/mol. The van der Waals surface area contributed by atoms with E-state index in [-0.39, 0.29) is 0 Å². The maximum Gasteiger partial charge on any atom is 0.407 e. The molecule has 0 spiro atoms. The van der Waals surface area contributed by atoms with Gasteiger partial charge in [-0.2, -0.15) is 0 Å². The van der Waals surface area contributed by atoms with E-state index in [9.17, 15) is 4.79 Å². The van der Waals surface area contributed by atoms with Gasteiger partial charge in [-0.05, 0) is 38.3 Å². The maximum atomic E-state index is 10.8. The minimum Gasteiger partial charge on any atom is -0.465 e. The predicted molar refractivity (Wildman–Crippen MR) is 72.2 cm³/mol. The van der Waals surface area contributed by atoms with Gasteiger partial charge in [0.25, 0.3) is 0 Å². The molecule has 0 unspecified atom stereocenters. The molecule has 0 aromatic heterocycles. The van der Waals surface area contributed by atoms with Crippen molar-refractivity contribution in [2.24, 2.45) is 0 Å². The minimum absolute atomic E-state index is 0.377. The summed E-state index contributed by atoms with van der Waals surface area (Å²) in [5.41, 5.74) is 3.67. The Morgan fingerprint density at radius 3 is 2.56 bits per heavy atom. The molecule has 2 rings (SSSR count). The molecule has 1 saturated heterocycles. The van der Waals surface area contributed by atoms with Gasteiger partial charge >= 0.3 is 6.09 Å². The van der Waals surface area contributed by atoms with E-state index < -0.39 is 6.09 Å². The lowest BCUT2D eigenvalue weighted by Crippen LogP contribution is -2.41. The van der Waals surface area contributed by atoms with Crippen LogP contribution in [0.5, 0.6) is 0 Å². The zero-order valence-corrected chi connectivity index (χ0v) is 10.9. The van der Waals surface area contributed by atoms with Gasteiger partial charge in [0.15, 0.2) is 0 Å². The van der Waals surface area contributed by atoms with Crippen molar-refractivity contribution in [1.82, 2.24) is 4.90 Å². The van der Waals surface area contributed by atoms with Gasteiger partial charge in [-0.25, -0.2) is 4.79 Å². The van der Waals surface area contributed by atoms with Crippen LogP contribution in [0.3, 0.4) is 0 Å². The van der Waals surface area contributed by atoms with Gasteiger partial charge in [-0.3, -0.25) is 0 Å². The van der Waals surface area contributed by atoms with E-state index in [0.29, 0.717) is 19.1 Å². The van der Waals surface area contributed by atoms with E-state index in [1.807, 2.05) is 0 Å². The lowest BCUT2D eigenvalue weighted by molar-refractivity contribution is 0.134. The first-order valence-corrected chi connectivity index (χ1v) is 6.38. The summed E-state index contributed by atoms with van der Waals surface area (Å²) in [4.78, 5) is 12.3. The van der Waals surface area contributed by atoms with Crippen LogP contribution in [-0.2, 0) is 0 Å². The number of likely N-dealkylation sites (tertiary alicyclic amines) is 1. The molecule has 0 atom stereocenters. The van der Waals surface area contributed by atoms with Crippen LogP contribution in [0.15, 0.2) is 18.2 Å². The van der Waals surface area contributed by atoms with Gasteiger partial charge < -0.3 is 15.3 Å². The molecule has 98 valence electrons. The number of hydrogen-bond acceptors (Lipinski definition) is 2. The van der Waals surface area contributed by atoms with Gasteiger partial charge in [0, 0.05) is 24.8 Å². The molecule has 18 heavy (non-hydrogen) atoms. The van der Waals surface area contributed by atoms with Gasteiger partial charge in [-0.15, -0.1) is 0 Å². The lowest BCUT2D eigenvalue weighted by atomic mass is 10.0. The number of aryl methyl sites for hydroxylation is 2. The summed E-state index contributed by atoms with van der Waals surface area (Å²) >= 11 is 0. The Bertz CT molecular complexity index is 437. The number of rotatable bonds is 2. The van der Waals surface area contributed by atoms with Crippen LogP contribution in [-0.4, -0.2) is 35.2 Å². The third kappa shape index (κ3) is 2.94. The normalized spacial score (nSPS) is 16.7. The molecule has 1 aliphatic rings. The number of anilines is 1. The highest BCUT2D eigenvalue weighted by atomic mass is 16.4. The summed E-state index contributed by atoms with van der Waals surface area (Å²) in [6.07, 6.45) is 0.944. The average Bonchev–Trinajstić information content (AvgIpc) is 2.33. The van der Waals surface area contributed by atoms with Crippen LogP contribution < -0.4 is 5.32 Å². The molecule has 1 aromatic rings. The second kappa shape index (κ2) is 5.29. The number of nitrogens with zero attached hydrogens (tertiary/aromatic N) is 1. The fourth-order valence-corrected chi connectivity index (χ4v) is 2.41. The van der Waals surface area contributed by atoms with E-state index >= 15 is 0 Å². The fourth-order valence-electron chi connectivity index (χ4n) is 2.41. The highest BCUT2D eigenvalue weighted by Crippen LogP contribution is 2.20. The Labute approximate surface area is 108 Å². The van der Waals surface area contributed by atoms with E-state index in [0.717, 1.165) is 18.5 Å². The van der Waals surface area contributed by atoms with E-state index in [4.69, 9.17) is 5.11 Å². The molecule has 0 saturated carbocycles. The Balaban J connectivity index is 1.93. The summed E-state index contributed by atoms with van der Waals surface area (Å²) in [5.74, 6) is 0. The zero-order chi connectivity index (χ0) is 13.1. The number of hydrogen-bond donors (Lipinski definition) is 2. The SMILES string of the molecule is Cc1ccc(NC2CCN(C(=O)O)CC2)c(C)c1. The van der Waals surface area contributed by atoms with Gasteiger partial charge in [-0.1, -0.05) is 17.7 Å². The van der Waals surface area contributed by atoms with Crippen LogP contribution in [0.2, 0.25) is 0 Å². The topological polar surface area (TPSA) is 52.6 Å². The Morgan fingerprint density at radius 1 is 1.33 bits per heavy atom. The van der Waals surface area contributed by atoms with Crippen LogP contribution >= 0.6 is 0 Å². The molecule has 1 amide bonds. The molecule has 1 heterocycles. The minimum atomic E-state index is -0.806. The van der Waals surface area contributed by atoms with Crippen LogP contribution in [0.25, 0.3) is 0 Å². The molecule has 1 aliphatic heterocycles. The first kappa shape index (κ1) is 12.7. The first-order chi connectivity index (χ1) is 8.56. The van der Waals surface area contributed by atoms with Crippen molar-refractivity contribution in [1.29, 1.82) is 0 Å². The molecule has 1 aromatic carbocycles. The summed E-state index contributed by atoms with van der Waals surface area (Å²) in [5, 5.41) is 12.4. The Morgan fingerprint density at radius 2 is 2.00 bits per heavy atom.